The fourth-order valence-corrected chi connectivity index (χ4v) is 1.75. The van der Waals surface area contributed by atoms with Crippen LogP contribution in [0.15, 0.2) is 24.4 Å². The first-order valence-corrected chi connectivity index (χ1v) is 6.23. The second-order valence-corrected chi connectivity index (χ2v) is 4.60. The maximum absolute atomic E-state index is 5.87. The molecule has 16 heavy (non-hydrogen) atoms. The lowest BCUT2D eigenvalue weighted by atomic mass is 10.0. The van der Waals surface area contributed by atoms with E-state index in [9.17, 15) is 0 Å². The zero-order valence-electron chi connectivity index (χ0n) is 10.6. The van der Waals surface area contributed by atoms with Crippen molar-refractivity contribution in [1.29, 1.82) is 0 Å². The van der Waals surface area contributed by atoms with Gasteiger partial charge in [-0.3, -0.25) is 4.98 Å². The van der Waals surface area contributed by atoms with Gasteiger partial charge in [-0.1, -0.05) is 26.8 Å². The maximum atomic E-state index is 5.87. The number of rotatable bonds is 7. The van der Waals surface area contributed by atoms with E-state index in [-0.39, 0.29) is 0 Å². The van der Waals surface area contributed by atoms with Crippen LogP contribution in [0.1, 0.15) is 39.3 Å². The molecule has 2 heteroatoms. The minimum atomic E-state index is 0.406. The molecule has 0 saturated carbocycles. The average molecular weight is 221 g/mol. The summed E-state index contributed by atoms with van der Waals surface area (Å²) in [7, 11) is 0. The summed E-state index contributed by atoms with van der Waals surface area (Å²) in [6.45, 7) is 7.45. The summed E-state index contributed by atoms with van der Waals surface area (Å²) in [6.07, 6.45) is 5.40. The standard InChI is InChI=1S/C14H23NO/c1-4-14(11-12(2)3)16-10-8-13-7-5-6-9-15-13/h5-7,9,12,14H,4,8,10-11H2,1-3H3. The highest BCUT2D eigenvalue weighted by Crippen LogP contribution is 2.11. The molecule has 0 N–H and O–H groups in total. The lowest BCUT2D eigenvalue weighted by Gasteiger charge is -2.17. The second-order valence-electron chi connectivity index (χ2n) is 4.60. The molecule has 0 fully saturated rings. The second kappa shape index (κ2) is 7.39. The van der Waals surface area contributed by atoms with Crippen molar-refractivity contribution in [3.8, 4) is 0 Å². The molecule has 0 saturated heterocycles. The quantitative estimate of drug-likeness (QED) is 0.703. The molecule has 0 spiro atoms. The molecule has 0 aliphatic heterocycles. The van der Waals surface area contributed by atoms with Crippen molar-refractivity contribution in [3.05, 3.63) is 30.1 Å². The summed E-state index contributed by atoms with van der Waals surface area (Å²) in [5, 5.41) is 0. The number of hydrogen-bond acceptors (Lipinski definition) is 2. The molecular formula is C14H23NO. The van der Waals surface area contributed by atoms with Crippen LogP contribution >= 0.6 is 0 Å². The van der Waals surface area contributed by atoms with Gasteiger partial charge in [0.15, 0.2) is 0 Å². The predicted octanol–water partition coefficient (Wildman–Crippen LogP) is 3.47. The Bertz CT molecular complexity index is 271. The van der Waals surface area contributed by atoms with E-state index >= 15 is 0 Å². The molecule has 1 rings (SSSR count). The third-order valence-electron chi connectivity index (χ3n) is 2.63. The molecule has 1 atom stereocenters. The Balaban J connectivity index is 2.23. The summed E-state index contributed by atoms with van der Waals surface area (Å²) < 4.78 is 5.87. The maximum Gasteiger partial charge on any atom is 0.0575 e. The molecule has 2 nitrogen and oxygen atoms in total. The van der Waals surface area contributed by atoms with E-state index in [1.165, 1.54) is 0 Å². The van der Waals surface area contributed by atoms with Crippen molar-refractivity contribution in [2.45, 2.75) is 46.1 Å². The van der Waals surface area contributed by atoms with Gasteiger partial charge in [-0.25, -0.2) is 0 Å². The third kappa shape index (κ3) is 5.26. The van der Waals surface area contributed by atoms with E-state index < -0.39 is 0 Å². The van der Waals surface area contributed by atoms with Crippen molar-refractivity contribution < 1.29 is 4.74 Å². The molecule has 1 aromatic heterocycles. The number of hydrogen-bond donors (Lipinski definition) is 0. The fraction of sp³-hybridized carbons (Fsp3) is 0.643. The van der Waals surface area contributed by atoms with Gasteiger partial charge < -0.3 is 4.74 Å². The Morgan fingerprint density at radius 2 is 2.12 bits per heavy atom. The summed E-state index contributed by atoms with van der Waals surface area (Å²) in [6, 6.07) is 6.01. The van der Waals surface area contributed by atoms with E-state index in [0.29, 0.717) is 12.0 Å². The van der Waals surface area contributed by atoms with Crippen LogP contribution in [0.3, 0.4) is 0 Å². The molecule has 90 valence electrons. The lowest BCUT2D eigenvalue weighted by molar-refractivity contribution is 0.0384. The van der Waals surface area contributed by atoms with Crippen LogP contribution in [0, 0.1) is 5.92 Å². The summed E-state index contributed by atoms with van der Waals surface area (Å²) in [5.74, 6) is 0.708. The van der Waals surface area contributed by atoms with Gasteiger partial charge >= 0.3 is 0 Å². The molecule has 0 aromatic carbocycles. The van der Waals surface area contributed by atoms with Crippen molar-refractivity contribution in [2.24, 2.45) is 5.92 Å². The first kappa shape index (κ1) is 13.2. The number of nitrogens with zero attached hydrogens (tertiary/aromatic N) is 1. The van der Waals surface area contributed by atoms with Crippen LogP contribution in [0.4, 0.5) is 0 Å². The van der Waals surface area contributed by atoms with Crippen molar-refractivity contribution in [3.63, 3.8) is 0 Å². The van der Waals surface area contributed by atoms with Gasteiger partial charge in [0.25, 0.3) is 0 Å². The minimum Gasteiger partial charge on any atom is -0.378 e. The van der Waals surface area contributed by atoms with Gasteiger partial charge in [-0.2, -0.15) is 0 Å². The van der Waals surface area contributed by atoms with Crippen LogP contribution in [0.5, 0.6) is 0 Å². The topological polar surface area (TPSA) is 22.1 Å². The summed E-state index contributed by atoms with van der Waals surface area (Å²) >= 11 is 0. The predicted molar refractivity (Wildman–Crippen MR) is 67.4 cm³/mol. The molecule has 1 heterocycles. The largest absolute Gasteiger partial charge is 0.378 e. The van der Waals surface area contributed by atoms with Crippen molar-refractivity contribution >= 4 is 0 Å². The fourth-order valence-electron chi connectivity index (χ4n) is 1.75. The van der Waals surface area contributed by atoms with Crippen molar-refractivity contribution in [2.75, 3.05) is 6.61 Å². The lowest BCUT2D eigenvalue weighted by Crippen LogP contribution is -2.16. The Kier molecular flexibility index (Phi) is 6.09. The SMILES string of the molecule is CCC(CC(C)C)OCCc1ccccn1. The minimum absolute atomic E-state index is 0.406. The Morgan fingerprint density at radius 1 is 1.31 bits per heavy atom. The first-order chi connectivity index (χ1) is 7.72. The smallest absolute Gasteiger partial charge is 0.0575 e. The zero-order valence-corrected chi connectivity index (χ0v) is 10.6. The van der Waals surface area contributed by atoms with Crippen molar-refractivity contribution in [1.82, 2.24) is 4.98 Å². The third-order valence-corrected chi connectivity index (χ3v) is 2.63. The van der Waals surface area contributed by atoms with E-state index in [0.717, 1.165) is 31.6 Å². The molecule has 0 radical (unpaired) electrons. The molecule has 1 aromatic rings. The van der Waals surface area contributed by atoms with Gasteiger partial charge in [-0.15, -0.1) is 0 Å². The van der Waals surface area contributed by atoms with Crippen LogP contribution < -0.4 is 0 Å². The first-order valence-electron chi connectivity index (χ1n) is 6.23. The average Bonchev–Trinajstić information content (AvgIpc) is 2.28. The molecule has 0 amide bonds. The van der Waals surface area contributed by atoms with E-state index in [1.807, 2.05) is 24.4 Å². The summed E-state index contributed by atoms with van der Waals surface area (Å²) in [4.78, 5) is 4.28. The Hall–Kier alpha value is -0.890. The van der Waals surface area contributed by atoms with Crippen LogP contribution in [0.25, 0.3) is 0 Å². The van der Waals surface area contributed by atoms with E-state index in [2.05, 4.69) is 25.8 Å². The van der Waals surface area contributed by atoms with Crippen LogP contribution in [-0.4, -0.2) is 17.7 Å². The monoisotopic (exact) mass is 221 g/mol. The van der Waals surface area contributed by atoms with E-state index in [4.69, 9.17) is 4.74 Å². The van der Waals surface area contributed by atoms with Gasteiger partial charge in [0, 0.05) is 18.3 Å². The van der Waals surface area contributed by atoms with Gasteiger partial charge in [0.05, 0.1) is 12.7 Å². The highest BCUT2D eigenvalue weighted by Gasteiger charge is 2.08. The number of ether oxygens (including phenoxy) is 1. The number of pyridine rings is 1. The molecule has 0 bridgehead atoms. The summed E-state index contributed by atoms with van der Waals surface area (Å²) in [5.41, 5.74) is 1.11. The number of aromatic nitrogens is 1. The molecule has 0 aliphatic carbocycles. The Morgan fingerprint density at radius 3 is 2.69 bits per heavy atom. The zero-order chi connectivity index (χ0) is 11.8. The van der Waals surface area contributed by atoms with Crippen LogP contribution in [0.2, 0.25) is 0 Å². The molecule has 0 aliphatic rings. The van der Waals surface area contributed by atoms with Crippen LogP contribution in [-0.2, 0) is 11.2 Å². The van der Waals surface area contributed by atoms with Gasteiger partial charge in [0.1, 0.15) is 0 Å². The Labute approximate surface area is 99.0 Å². The normalized spacial score (nSPS) is 13.0. The highest BCUT2D eigenvalue weighted by molar-refractivity contribution is 5.03. The highest BCUT2D eigenvalue weighted by atomic mass is 16.5. The van der Waals surface area contributed by atoms with E-state index in [1.54, 1.807) is 0 Å². The van der Waals surface area contributed by atoms with Gasteiger partial charge in [-0.05, 0) is 30.9 Å². The molecule has 1 unspecified atom stereocenters. The van der Waals surface area contributed by atoms with Gasteiger partial charge in [0.2, 0.25) is 0 Å². The molecular weight excluding hydrogens is 198 g/mol.